The van der Waals surface area contributed by atoms with Gasteiger partial charge in [-0.15, -0.1) is 0 Å². The van der Waals surface area contributed by atoms with E-state index in [2.05, 4.69) is 32.3 Å². The molecule has 1 saturated heterocycles. The van der Waals surface area contributed by atoms with Gasteiger partial charge in [-0.3, -0.25) is 4.79 Å². The third-order valence-electron chi connectivity index (χ3n) is 5.22. The minimum absolute atomic E-state index is 0.178. The molecule has 0 atom stereocenters. The Labute approximate surface area is 174 Å². The Morgan fingerprint density at radius 2 is 1.97 bits per heavy atom. The van der Waals surface area contributed by atoms with Crippen molar-refractivity contribution in [3.63, 3.8) is 0 Å². The van der Waals surface area contributed by atoms with Crippen molar-refractivity contribution >= 4 is 40.0 Å². The zero-order chi connectivity index (χ0) is 20.5. The first-order chi connectivity index (χ1) is 13.9. The van der Waals surface area contributed by atoms with Crippen LogP contribution < -0.4 is 10.2 Å². The van der Waals surface area contributed by atoms with E-state index in [4.69, 9.17) is 16.1 Å². The Bertz CT molecular complexity index is 1040. The van der Waals surface area contributed by atoms with Crippen LogP contribution in [-0.2, 0) is 0 Å². The monoisotopic (exact) mass is 413 g/mol. The predicted octanol–water partition coefficient (Wildman–Crippen LogP) is 4.00. The number of hydrogen-bond acceptors (Lipinski definition) is 6. The molecule has 1 aliphatic heterocycles. The van der Waals surface area contributed by atoms with Crippen LogP contribution in [0.3, 0.4) is 0 Å². The highest BCUT2D eigenvalue weighted by Crippen LogP contribution is 2.30. The summed E-state index contributed by atoms with van der Waals surface area (Å²) in [7, 11) is 2.12. The number of hydrogen-bond donors (Lipinski definition) is 1. The van der Waals surface area contributed by atoms with E-state index in [-0.39, 0.29) is 11.8 Å². The van der Waals surface area contributed by atoms with Crippen molar-refractivity contribution in [3.05, 3.63) is 46.7 Å². The standard InChI is InChI=1S/C21H24ClN5O2/c1-13(2)19-16-10-14(12-23-21(16)29-25-19)20(28)24-15-4-5-18(17(22)11-15)27-8-6-26(3)7-9-27/h4-5,10-13H,6-9H2,1-3H3,(H,24,28). The van der Waals surface area contributed by atoms with E-state index in [9.17, 15) is 4.79 Å². The number of halogens is 1. The number of fused-ring (bicyclic) bond motifs is 1. The van der Waals surface area contributed by atoms with Crippen molar-refractivity contribution in [1.82, 2.24) is 15.0 Å². The van der Waals surface area contributed by atoms with Gasteiger partial charge in [-0.1, -0.05) is 30.6 Å². The van der Waals surface area contributed by atoms with Crippen LogP contribution in [0.1, 0.15) is 35.8 Å². The molecule has 0 aliphatic carbocycles. The number of carbonyl (C=O) groups is 1. The zero-order valence-corrected chi connectivity index (χ0v) is 17.5. The van der Waals surface area contributed by atoms with Crippen LogP contribution in [0.15, 0.2) is 35.0 Å². The maximum Gasteiger partial charge on any atom is 0.257 e. The molecule has 1 N–H and O–H groups in total. The molecule has 4 rings (SSSR count). The van der Waals surface area contributed by atoms with Crippen molar-refractivity contribution in [1.29, 1.82) is 0 Å². The van der Waals surface area contributed by atoms with E-state index in [0.717, 1.165) is 42.9 Å². The van der Waals surface area contributed by atoms with Crippen molar-refractivity contribution in [2.75, 3.05) is 43.4 Å². The minimum Gasteiger partial charge on any atom is -0.368 e. The van der Waals surface area contributed by atoms with Gasteiger partial charge in [0, 0.05) is 38.1 Å². The number of likely N-dealkylation sites (N-methyl/N-ethyl adjacent to an activating group) is 1. The summed E-state index contributed by atoms with van der Waals surface area (Å²) in [5.74, 6) is -0.0731. The summed E-state index contributed by atoms with van der Waals surface area (Å²) in [5.41, 5.74) is 3.31. The lowest BCUT2D eigenvalue weighted by Crippen LogP contribution is -2.44. The van der Waals surface area contributed by atoms with Gasteiger partial charge in [0.1, 0.15) is 0 Å². The molecule has 0 spiro atoms. The molecule has 152 valence electrons. The van der Waals surface area contributed by atoms with E-state index in [1.807, 2.05) is 26.0 Å². The average Bonchev–Trinajstić information content (AvgIpc) is 3.12. The number of piperazine rings is 1. The van der Waals surface area contributed by atoms with E-state index in [1.54, 1.807) is 12.1 Å². The van der Waals surface area contributed by atoms with Crippen molar-refractivity contribution in [3.8, 4) is 0 Å². The molecule has 1 aromatic carbocycles. The van der Waals surface area contributed by atoms with E-state index in [0.29, 0.717) is 22.0 Å². The third kappa shape index (κ3) is 4.06. The number of pyridine rings is 1. The Hall–Kier alpha value is -2.64. The van der Waals surface area contributed by atoms with E-state index < -0.39 is 0 Å². The fourth-order valence-electron chi connectivity index (χ4n) is 3.48. The zero-order valence-electron chi connectivity index (χ0n) is 16.8. The summed E-state index contributed by atoms with van der Waals surface area (Å²) in [4.78, 5) is 21.5. The van der Waals surface area contributed by atoms with Crippen LogP contribution in [0.25, 0.3) is 11.1 Å². The minimum atomic E-state index is -0.251. The van der Waals surface area contributed by atoms with Gasteiger partial charge in [-0.05, 0) is 37.2 Å². The van der Waals surface area contributed by atoms with Gasteiger partial charge in [0.15, 0.2) is 0 Å². The number of aromatic nitrogens is 2. The summed E-state index contributed by atoms with van der Waals surface area (Å²) in [6.07, 6.45) is 1.49. The highest BCUT2D eigenvalue weighted by molar-refractivity contribution is 6.33. The van der Waals surface area contributed by atoms with Gasteiger partial charge in [0.25, 0.3) is 11.6 Å². The lowest BCUT2D eigenvalue weighted by atomic mass is 10.1. The lowest BCUT2D eigenvalue weighted by Gasteiger charge is -2.34. The summed E-state index contributed by atoms with van der Waals surface area (Å²) in [6.45, 7) is 7.92. The van der Waals surface area contributed by atoms with Gasteiger partial charge in [0.2, 0.25) is 0 Å². The SMILES string of the molecule is CC(C)c1noc2ncc(C(=O)Nc3ccc(N4CCN(C)CC4)c(Cl)c3)cc12. The van der Waals surface area contributed by atoms with Crippen LogP contribution in [0.4, 0.5) is 11.4 Å². The average molecular weight is 414 g/mol. The molecule has 1 amide bonds. The second kappa shape index (κ2) is 8.00. The smallest absolute Gasteiger partial charge is 0.257 e. The van der Waals surface area contributed by atoms with Gasteiger partial charge in [-0.25, -0.2) is 4.98 Å². The Morgan fingerprint density at radius 3 is 2.66 bits per heavy atom. The van der Waals surface area contributed by atoms with Crippen LogP contribution in [-0.4, -0.2) is 54.2 Å². The Balaban J connectivity index is 1.52. The van der Waals surface area contributed by atoms with Gasteiger partial charge < -0.3 is 19.6 Å². The highest BCUT2D eigenvalue weighted by Gasteiger charge is 2.18. The van der Waals surface area contributed by atoms with Crippen LogP contribution >= 0.6 is 11.6 Å². The molecule has 0 radical (unpaired) electrons. The maximum atomic E-state index is 12.7. The quantitative estimate of drug-likeness (QED) is 0.696. The van der Waals surface area contributed by atoms with E-state index >= 15 is 0 Å². The molecule has 29 heavy (non-hydrogen) atoms. The topological polar surface area (TPSA) is 74.5 Å². The van der Waals surface area contributed by atoms with E-state index in [1.165, 1.54) is 6.20 Å². The molecule has 0 unspecified atom stereocenters. The molecule has 3 heterocycles. The fourth-order valence-corrected chi connectivity index (χ4v) is 3.78. The number of amides is 1. The lowest BCUT2D eigenvalue weighted by molar-refractivity contribution is 0.102. The van der Waals surface area contributed by atoms with Gasteiger partial charge in [0.05, 0.1) is 27.4 Å². The van der Waals surface area contributed by atoms with Crippen LogP contribution in [0, 0.1) is 0 Å². The predicted molar refractivity (Wildman–Crippen MR) is 115 cm³/mol. The second-order valence-electron chi connectivity index (χ2n) is 7.71. The number of nitrogens with one attached hydrogen (secondary N) is 1. The third-order valence-corrected chi connectivity index (χ3v) is 5.52. The summed E-state index contributed by atoms with van der Waals surface area (Å²) < 4.78 is 5.24. The fraction of sp³-hybridized carbons (Fsp3) is 0.381. The molecule has 7 nitrogen and oxygen atoms in total. The second-order valence-corrected chi connectivity index (χ2v) is 8.12. The molecule has 8 heteroatoms. The summed E-state index contributed by atoms with van der Waals surface area (Å²) in [6, 6.07) is 7.39. The number of carbonyl (C=O) groups excluding carboxylic acids is 1. The van der Waals surface area contributed by atoms with Crippen molar-refractivity contribution in [2.24, 2.45) is 0 Å². The maximum absolute atomic E-state index is 12.7. The first kappa shape index (κ1) is 19.7. The normalized spacial score (nSPS) is 15.3. The largest absolute Gasteiger partial charge is 0.368 e. The highest BCUT2D eigenvalue weighted by atomic mass is 35.5. The molecular weight excluding hydrogens is 390 g/mol. The van der Waals surface area contributed by atoms with Gasteiger partial charge in [-0.2, -0.15) is 0 Å². The summed E-state index contributed by atoms with van der Waals surface area (Å²) >= 11 is 6.51. The van der Waals surface area contributed by atoms with Crippen LogP contribution in [0.5, 0.6) is 0 Å². The molecule has 3 aromatic rings. The van der Waals surface area contributed by atoms with Gasteiger partial charge >= 0.3 is 0 Å². The van der Waals surface area contributed by atoms with Crippen LogP contribution in [0.2, 0.25) is 5.02 Å². The molecule has 2 aromatic heterocycles. The Kier molecular flexibility index (Phi) is 5.43. The summed E-state index contributed by atoms with van der Waals surface area (Å²) in [5, 5.41) is 8.34. The molecule has 1 aliphatic rings. The molecular formula is C21H24ClN5O2. The van der Waals surface area contributed by atoms with Crippen molar-refractivity contribution < 1.29 is 9.32 Å². The number of nitrogens with zero attached hydrogens (tertiary/aromatic N) is 4. The first-order valence-corrected chi connectivity index (χ1v) is 10.1. The Morgan fingerprint density at radius 1 is 1.21 bits per heavy atom. The molecule has 0 saturated carbocycles. The first-order valence-electron chi connectivity index (χ1n) is 9.72. The van der Waals surface area contributed by atoms with Crippen molar-refractivity contribution in [2.45, 2.75) is 19.8 Å². The number of benzene rings is 1. The number of rotatable bonds is 4. The molecule has 1 fully saturated rings. The molecule has 0 bridgehead atoms. The number of anilines is 2.